The van der Waals surface area contributed by atoms with E-state index in [2.05, 4.69) is 15.5 Å². The molecule has 0 bridgehead atoms. The summed E-state index contributed by atoms with van der Waals surface area (Å²) in [5.41, 5.74) is -0.177. The van der Waals surface area contributed by atoms with E-state index in [0.717, 1.165) is 10.5 Å². The van der Waals surface area contributed by atoms with Gasteiger partial charge < -0.3 is 14.6 Å². The fourth-order valence-corrected chi connectivity index (χ4v) is 2.90. The van der Waals surface area contributed by atoms with Crippen LogP contribution >= 0.6 is 11.3 Å². The average molecular weight is 364 g/mol. The molecule has 2 aromatic rings. The number of imide groups is 1. The molecule has 1 atom stereocenters. The minimum Gasteiger partial charge on any atom is -0.454 e. The van der Waals surface area contributed by atoms with Gasteiger partial charge >= 0.3 is 12.0 Å². The van der Waals surface area contributed by atoms with Crippen LogP contribution in [0.3, 0.4) is 0 Å². The summed E-state index contributed by atoms with van der Waals surface area (Å²) in [5, 5.41) is 10.1. The van der Waals surface area contributed by atoms with Crippen molar-refractivity contribution in [1.82, 2.24) is 20.4 Å². The average Bonchev–Trinajstić information content (AvgIpc) is 3.30. The summed E-state index contributed by atoms with van der Waals surface area (Å²) in [6.45, 7) is 2.69. The standard InChI is InChI=1S/C15H16N4O5S/c1-3-15(2)13(21)19(14(22)17-15)6-11(20)23-7-10-16-12(18-24-10)9-4-5-25-8-9/h4-5,8H,3,6-7H2,1-2H3,(H,17,22)/t15-/m1/s1. The second kappa shape index (κ2) is 6.63. The number of rotatable bonds is 6. The van der Waals surface area contributed by atoms with E-state index in [9.17, 15) is 14.4 Å². The highest BCUT2D eigenvalue weighted by Gasteiger charge is 2.47. The summed E-state index contributed by atoms with van der Waals surface area (Å²) in [4.78, 5) is 40.9. The molecular formula is C15H16N4O5S. The number of hydrogen-bond donors (Lipinski definition) is 1. The lowest BCUT2D eigenvalue weighted by Gasteiger charge is -2.18. The fraction of sp³-hybridized carbons (Fsp3) is 0.400. The van der Waals surface area contributed by atoms with Gasteiger partial charge in [0.05, 0.1) is 0 Å². The number of amides is 3. The molecule has 1 aliphatic heterocycles. The van der Waals surface area contributed by atoms with Gasteiger partial charge in [-0.25, -0.2) is 4.79 Å². The van der Waals surface area contributed by atoms with Crippen molar-refractivity contribution in [2.45, 2.75) is 32.4 Å². The van der Waals surface area contributed by atoms with Gasteiger partial charge in [0.25, 0.3) is 11.8 Å². The molecule has 1 aliphatic rings. The second-order valence-corrected chi connectivity index (χ2v) is 6.47. The molecular weight excluding hydrogens is 348 g/mol. The molecule has 0 aliphatic carbocycles. The van der Waals surface area contributed by atoms with Crippen molar-refractivity contribution < 1.29 is 23.6 Å². The second-order valence-electron chi connectivity index (χ2n) is 5.69. The number of carbonyl (C=O) groups excluding carboxylic acids is 3. The lowest BCUT2D eigenvalue weighted by atomic mass is 9.99. The molecule has 1 saturated heterocycles. The van der Waals surface area contributed by atoms with Crippen molar-refractivity contribution in [3.63, 3.8) is 0 Å². The Bertz CT molecular complexity index is 803. The monoisotopic (exact) mass is 364 g/mol. The summed E-state index contributed by atoms with van der Waals surface area (Å²) in [6.07, 6.45) is 0.427. The first-order valence-corrected chi connectivity index (χ1v) is 8.52. The van der Waals surface area contributed by atoms with E-state index in [4.69, 9.17) is 9.26 Å². The zero-order chi connectivity index (χ0) is 18.0. The Kier molecular flexibility index (Phi) is 4.53. The first-order chi connectivity index (χ1) is 11.9. The third-order valence-electron chi connectivity index (χ3n) is 3.94. The summed E-state index contributed by atoms with van der Waals surface area (Å²) in [5.74, 6) is -0.654. The number of esters is 1. The smallest absolute Gasteiger partial charge is 0.326 e. The van der Waals surface area contributed by atoms with Crippen molar-refractivity contribution >= 4 is 29.2 Å². The van der Waals surface area contributed by atoms with Crippen LogP contribution in [0.15, 0.2) is 21.3 Å². The number of carbonyl (C=O) groups is 3. The normalized spacial score (nSPS) is 20.0. The Morgan fingerprint density at radius 3 is 2.92 bits per heavy atom. The van der Waals surface area contributed by atoms with Crippen LogP contribution in [0.4, 0.5) is 4.79 Å². The maximum Gasteiger partial charge on any atom is 0.326 e. The summed E-state index contributed by atoms with van der Waals surface area (Å²) in [7, 11) is 0. The molecule has 3 heterocycles. The molecule has 0 spiro atoms. The van der Waals surface area contributed by atoms with Gasteiger partial charge in [0.1, 0.15) is 12.1 Å². The predicted octanol–water partition coefficient (Wildman–Crippen LogP) is 1.56. The molecule has 0 saturated carbocycles. The third-order valence-corrected chi connectivity index (χ3v) is 4.63. The Morgan fingerprint density at radius 2 is 2.28 bits per heavy atom. The van der Waals surface area contributed by atoms with Crippen molar-refractivity contribution in [2.24, 2.45) is 0 Å². The zero-order valence-corrected chi connectivity index (χ0v) is 14.5. The lowest BCUT2D eigenvalue weighted by molar-refractivity contribution is -0.149. The number of hydrogen-bond acceptors (Lipinski definition) is 8. The lowest BCUT2D eigenvalue weighted by Crippen LogP contribution is -2.43. The highest BCUT2D eigenvalue weighted by molar-refractivity contribution is 7.08. The number of ether oxygens (including phenoxy) is 1. The van der Waals surface area contributed by atoms with Crippen molar-refractivity contribution in [3.05, 3.63) is 22.7 Å². The summed E-state index contributed by atoms with van der Waals surface area (Å²) in [6, 6.07) is 1.23. The Balaban J connectivity index is 1.55. The Labute approximate surface area is 147 Å². The van der Waals surface area contributed by atoms with Gasteiger partial charge in [-0.2, -0.15) is 16.3 Å². The third kappa shape index (κ3) is 3.38. The van der Waals surface area contributed by atoms with Gasteiger partial charge in [-0.05, 0) is 24.8 Å². The number of aromatic nitrogens is 2. The van der Waals surface area contributed by atoms with Crippen LogP contribution in [0.1, 0.15) is 26.2 Å². The fourth-order valence-electron chi connectivity index (χ4n) is 2.27. The Hall–Kier alpha value is -2.75. The number of nitrogens with one attached hydrogen (secondary N) is 1. The predicted molar refractivity (Wildman–Crippen MR) is 86.3 cm³/mol. The van der Waals surface area contributed by atoms with Crippen LogP contribution in [0.5, 0.6) is 0 Å². The topological polar surface area (TPSA) is 115 Å². The molecule has 3 amide bonds. The van der Waals surface area contributed by atoms with E-state index in [1.165, 1.54) is 11.3 Å². The molecule has 3 rings (SSSR count). The van der Waals surface area contributed by atoms with Crippen molar-refractivity contribution in [2.75, 3.05) is 6.54 Å². The van der Waals surface area contributed by atoms with Crippen LogP contribution in [0, 0.1) is 0 Å². The van der Waals surface area contributed by atoms with Crippen LogP contribution in [-0.2, 0) is 20.9 Å². The van der Waals surface area contributed by atoms with E-state index < -0.39 is 30.0 Å². The molecule has 1 N–H and O–H groups in total. The first kappa shape index (κ1) is 17.1. The van der Waals surface area contributed by atoms with Crippen molar-refractivity contribution in [1.29, 1.82) is 0 Å². The maximum absolute atomic E-state index is 12.2. The molecule has 1 fully saturated rings. The van der Waals surface area contributed by atoms with Crippen LogP contribution < -0.4 is 5.32 Å². The van der Waals surface area contributed by atoms with E-state index in [1.54, 1.807) is 13.8 Å². The first-order valence-electron chi connectivity index (χ1n) is 7.58. The molecule has 10 heteroatoms. The number of nitrogens with zero attached hydrogens (tertiary/aromatic N) is 3. The van der Waals surface area contributed by atoms with Gasteiger partial charge in [-0.15, -0.1) is 0 Å². The number of urea groups is 1. The quantitative estimate of drug-likeness (QED) is 0.611. The Morgan fingerprint density at radius 1 is 1.48 bits per heavy atom. The molecule has 2 aromatic heterocycles. The van der Waals surface area contributed by atoms with E-state index in [0.29, 0.717) is 12.2 Å². The SMILES string of the molecule is CC[C@@]1(C)NC(=O)N(CC(=O)OCc2nc(-c3ccsc3)no2)C1=O. The molecule has 25 heavy (non-hydrogen) atoms. The van der Waals surface area contributed by atoms with Gasteiger partial charge in [0.15, 0.2) is 6.61 Å². The molecule has 9 nitrogen and oxygen atoms in total. The van der Waals surface area contributed by atoms with E-state index >= 15 is 0 Å². The van der Waals surface area contributed by atoms with Gasteiger partial charge in [0.2, 0.25) is 5.82 Å². The number of thiophene rings is 1. The van der Waals surface area contributed by atoms with Crippen LogP contribution in [0.2, 0.25) is 0 Å². The van der Waals surface area contributed by atoms with Crippen LogP contribution in [-0.4, -0.2) is 45.0 Å². The van der Waals surface area contributed by atoms with Gasteiger partial charge in [-0.1, -0.05) is 12.1 Å². The summed E-state index contributed by atoms with van der Waals surface area (Å²) >= 11 is 1.50. The van der Waals surface area contributed by atoms with Gasteiger partial charge in [0, 0.05) is 10.9 Å². The largest absolute Gasteiger partial charge is 0.454 e. The highest BCUT2D eigenvalue weighted by Crippen LogP contribution is 2.21. The zero-order valence-electron chi connectivity index (χ0n) is 13.6. The maximum atomic E-state index is 12.2. The van der Waals surface area contributed by atoms with E-state index in [1.807, 2.05) is 16.8 Å². The van der Waals surface area contributed by atoms with Gasteiger partial charge in [-0.3, -0.25) is 14.5 Å². The molecule has 0 unspecified atom stereocenters. The highest BCUT2D eigenvalue weighted by atomic mass is 32.1. The molecule has 0 aromatic carbocycles. The molecule has 132 valence electrons. The van der Waals surface area contributed by atoms with E-state index in [-0.39, 0.29) is 12.5 Å². The van der Waals surface area contributed by atoms with Crippen molar-refractivity contribution in [3.8, 4) is 11.4 Å². The minimum absolute atomic E-state index is 0.130. The molecule has 0 radical (unpaired) electrons. The minimum atomic E-state index is -0.987. The summed E-state index contributed by atoms with van der Waals surface area (Å²) < 4.78 is 10.0. The van der Waals surface area contributed by atoms with Crippen LogP contribution in [0.25, 0.3) is 11.4 Å².